The molecule has 0 N–H and O–H groups in total. The highest BCUT2D eigenvalue weighted by Gasteiger charge is 2.41. The standard InChI is InChI=1S/C30H22F3NO8/c1-15(2)14-34-27(36)20-10-4-16(12-22(20)28(34)37)29(38)41-19-9-11-21-23(13-19)42-26(30(31,32)33)25(24(21)35)40-18-7-5-17(39-3)6-8-18/h4-13,15H,14H2,1-3H3. The Labute approximate surface area is 236 Å². The number of rotatable bonds is 7. The number of carbonyl (C=O) groups is 3. The predicted octanol–water partition coefficient (Wildman–Crippen LogP) is 6.08. The van der Waals surface area contributed by atoms with E-state index in [0.29, 0.717) is 5.75 Å². The van der Waals surface area contributed by atoms with E-state index >= 15 is 0 Å². The smallest absolute Gasteiger partial charge is 0.453 e. The van der Waals surface area contributed by atoms with Crippen LogP contribution in [0.2, 0.25) is 0 Å². The van der Waals surface area contributed by atoms with Gasteiger partial charge in [0.15, 0.2) is 0 Å². The lowest BCUT2D eigenvalue weighted by atomic mass is 10.1. The Balaban J connectivity index is 1.45. The molecule has 0 unspecified atom stereocenters. The lowest BCUT2D eigenvalue weighted by molar-refractivity contribution is -0.154. The van der Waals surface area contributed by atoms with Gasteiger partial charge in [0.05, 0.1) is 29.2 Å². The van der Waals surface area contributed by atoms with Crippen molar-refractivity contribution in [1.82, 2.24) is 4.90 Å². The molecule has 1 aliphatic heterocycles. The number of imide groups is 1. The fourth-order valence-electron chi connectivity index (χ4n) is 4.38. The van der Waals surface area contributed by atoms with Gasteiger partial charge in [0.1, 0.15) is 22.8 Å². The predicted molar refractivity (Wildman–Crippen MR) is 142 cm³/mol. The van der Waals surface area contributed by atoms with Crippen LogP contribution in [0.25, 0.3) is 11.0 Å². The maximum Gasteiger partial charge on any atom is 0.453 e. The van der Waals surface area contributed by atoms with E-state index in [1.165, 1.54) is 55.6 Å². The highest BCUT2D eigenvalue weighted by molar-refractivity contribution is 6.22. The first-order chi connectivity index (χ1) is 19.9. The second kappa shape index (κ2) is 10.7. The zero-order chi connectivity index (χ0) is 30.3. The second-order valence-electron chi connectivity index (χ2n) is 9.79. The Bertz CT molecular complexity index is 1790. The molecule has 0 bridgehead atoms. The van der Waals surface area contributed by atoms with Gasteiger partial charge in [0.2, 0.25) is 11.2 Å². The van der Waals surface area contributed by atoms with E-state index < -0.39 is 46.5 Å². The number of carbonyl (C=O) groups excluding carboxylic acids is 3. The van der Waals surface area contributed by atoms with Crippen molar-refractivity contribution in [3.05, 3.63) is 93.3 Å². The van der Waals surface area contributed by atoms with Gasteiger partial charge in [-0.15, -0.1) is 0 Å². The minimum absolute atomic E-state index is 0.0348. The lowest BCUT2D eigenvalue weighted by Crippen LogP contribution is -2.33. The fourth-order valence-corrected chi connectivity index (χ4v) is 4.38. The van der Waals surface area contributed by atoms with Crippen LogP contribution in [-0.4, -0.2) is 36.3 Å². The summed E-state index contributed by atoms with van der Waals surface area (Å²) in [5.74, 6) is -4.51. The van der Waals surface area contributed by atoms with Crippen LogP contribution in [0.1, 0.15) is 50.7 Å². The average Bonchev–Trinajstić information content (AvgIpc) is 3.18. The van der Waals surface area contributed by atoms with E-state index in [1.54, 1.807) is 0 Å². The summed E-state index contributed by atoms with van der Waals surface area (Å²) >= 11 is 0. The summed E-state index contributed by atoms with van der Waals surface area (Å²) in [5, 5.41) is -0.252. The summed E-state index contributed by atoms with van der Waals surface area (Å²) in [6.07, 6.45) is -5.10. The number of hydrogen-bond donors (Lipinski definition) is 0. The van der Waals surface area contributed by atoms with Crippen molar-refractivity contribution in [1.29, 1.82) is 0 Å². The van der Waals surface area contributed by atoms with Gasteiger partial charge in [-0.1, -0.05) is 13.8 Å². The number of fused-ring (bicyclic) bond motifs is 2. The van der Waals surface area contributed by atoms with E-state index in [1.807, 2.05) is 13.8 Å². The number of halogens is 3. The first-order valence-electron chi connectivity index (χ1n) is 12.6. The summed E-state index contributed by atoms with van der Waals surface area (Å²) in [7, 11) is 1.41. The third kappa shape index (κ3) is 5.30. The number of hydrogen-bond acceptors (Lipinski definition) is 8. The number of esters is 1. The SMILES string of the molecule is COc1ccc(Oc2c(C(F)(F)F)oc3cc(OC(=O)c4ccc5c(c4)C(=O)N(CC(C)C)C5=O)ccc3c2=O)cc1. The average molecular weight is 581 g/mol. The van der Waals surface area contributed by atoms with Crippen molar-refractivity contribution in [2.24, 2.45) is 5.92 Å². The van der Waals surface area contributed by atoms with Gasteiger partial charge in [-0.25, -0.2) is 4.79 Å². The number of methoxy groups -OCH3 is 1. The molecule has 42 heavy (non-hydrogen) atoms. The summed E-state index contributed by atoms with van der Waals surface area (Å²) < 4.78 is 62.4. The second-order valence-corrected chi connectivity index (χ2v) is 9.79. The van der Waals surface area contributed by atoms with Gasteiger partial charge in [-0.2, -0.15) is 13.2 Å². The van der Waals surface area contributed by atoms with E-state index in [0.717, 1.165) is 17.0 Å². The van der Waals surface area contributed by atoms with Crippen LogP contribution in [0.4, 0.5) is 13.2 Å². The molecule has 0 atom stereocenters. The molecule has 9 nitrogen and oxygen atoms in total. The van der Waals surface area contributed by atoms with E-state index in [2.05, 4.69) is 0 Å². The van der Waals surface area contributed by atoms with Crippen molar-refractivity contribution < 1.29 is 46.2 Å². The van der Waals surface area contributed by atoms with Crippen molar-refractivity contribution in [2.75, 3.05) is 13.7 Å². The molecule has 216 valence electrons. The van der Waals surface area contributed by atoms with Crippen molar-refractivity contribution in [3.63, 3.8) is 0 Å². The fraction of sp³-hybridized carbons (Fsp3) is 0.200. The first-order valence-corrected chi connectivity index (χ1v) is 12.6. The highest BCUT2D eigenvalue weighted by atomic mass is 19.4. The van der Waals surface area contributed by atoms with Gasteiger partial charge in [-0.3, -0.25) is 19.3 Å². The van der Waals surface area contributed by atoms with E-state index in [9.17, 15) is 32.3 Å². The minimum Gasteiger partial charge on any atom is -0.497 e. The molecule has 0 spiro atoms. The van der Waals surface area contributed by atoms with Crippen LogP contribution in [-0.2, 0) is 6.18 Å². The third-order valence-corrected chi connectivity index (χ3v) is 6.32. The normalized spacial score (nSPS) is 13.1. The Morgan fingerprint density at radius 2 is 1.52 bits per heavy atom. The Hall–Kier alpha value is -5.13. The minimum atomic E-state index is -5.10. The highest BCUT2D eigenvalue weighted by Crippen LogP contribution is 2.39. The zero-order valence-corrected chi connectivity index (χ0v) is 22.4. The maximum absolute atomic E-state index is 13.9. The molecule has 4 aromatic rings. The van der Waals surface area contributed by atoms with E-state index in [-0.39, 0.29) is 46.0 Å². The van der Waals surface area contributed by atoms with Crippen LogP contribution in [0.15, 0.2) is 69.9 Å². The molecule has 2 amide bonds. The quantitative estimate of drug-likeness (QED) is 0.147. The maximum atomic E-state index is 13.9. The number of alkyl halides is 3. The molecular formula is C30H22F3NO8. The van der Waals surface area contributed by atoms with Crippen LogP contribution in [0, 0.1) is 5.92 Å². The van der Waals surface area contributed by atoms with Crippen LogP contribution < -0.4 is 19.6 Å². The Morgan fingerprint density at radius 3 is 2.17 bits per heavy atom. The Kier molecular flexibility index (Phi) is 7.23. The number of benzene rings is 3. The number of nitrogens with zero attached hydrogens (tertiary/aromatic N) is 1. The lowest BCUT2D eigenvalue weighted by Gasteiger charge is -2.15. The molecule has 0 aliphatic carbocycles. The van der Waals surface area contributed by atoms with Gasteiger partial charge in [-0.05, 0) is 60.5 Å². The molecule has 12 heteroatoms. The Morgan fingerprint density at radius 1 is 0.881 bits per heavy atom. The first kappa shape index (κ1) is 28.4. The van der Waals surface area contributed by atoms with Gasteiger partial charge >= 0.3 is 12.1 Å². The van der Waals surface area contributed by atoms with Gasteiger partial charge in [0.25, 0.3) is 17.6 Å². The zero-order valence-electron chi connectivity index (χ0n) is 22.4. The molecule has 0 saturated carbocycles. The number of ether oxygens (including phenoxy) is 3. The molecule has 1 aliphatic rings. The molecule has 3 aromatic carbocycles. The summed E-state index contributed by atoms with van der Waals surface area (Å²) in [5.41, 5.74) is -1.47. The molecule has 1 aromatic heterocycles. The van der Waals surface area contributed by atoms with Crippen molar-refractivity contribution >= 4 is 28.8 Å². The van der Waals surface area contributed by atoms with Crippen molar-refractivity contribution in [3.8, 4) is 23.0 Å². The third-order valence-electron chi connectivity index (χ3n) is 6.32. The molecule has 2 heterocycles. The molecular weight excluding hydrogens is 559 g/mol. The van der Waals surface area contributed by atoms with Crippen LogP contribution in [0.3, 0.4) is 0 Å². The van der Waals surface area contributed by atoms with Crippen molar-refractivity contribution in [2.45, 2.75) is 20.0 Å². The summed E-state index contributed by atoms with van der Waals surface area (Å²) in [4.78, 5) is 52.3. The van der Waals surface area contributed by atoms with Gasteiger partial charge in [0, 0.05) is 12.6 Å². The molecule has 0 radical (unpaired) electrons. The monoisotopic (exact) mass is 581 g/mol. The van der Waals surface area contributed by atoms with Crippen LogP contribution >= 0.6 is 0 Å². The molecule has 0 fully saturated rings. The van der Waals surface area contributed by atoms with E-state index in [4.69, 9.17) is 18.6 Å². The molecule has 5 rings (SSSR count). The largest absolute Gasteiger partial charge is 0.497 e. The van der Waals surface area contributed by atoms with Gasteiger partial charge < -0.3 is 18.6 Å². The number of amides is 2. The summed E-state index contributed by atoms with van der Waals surface area (Å²) in [6.45, 7) is 3.91. The van der Waals surface area contributed by atoms with Crippen LogP contribution in [0.5, 0.6) is 23.0 Å². The summed E-state index contributed by atoms with van der Waals surface area (Å²) in [6, 6.07) is 12.7. The topological polar surface area (TPSA) is 112 Å². The molecule has 0 saturated heterocycles.